The van der Waals surface area contributed by atoms with Gasteiger partial charge in [0.2, 0.25) is 0 Å². The summed E-state index contributed by atoms with van der Waals surface area (Å²) in [6.45, 7) is 1.41. The molecule has 5 heteroatoms. The number of rotatable bonds is 6. The summed E-state index contributed by atoms with van der Waals surface area (Å²) < 4.78 is 5.20. The Balaban J connectivity index is 2.90. The first-order chi connectivity index (χ1) is 8.10. The van der Waals surface area contributed by atoms with E-state index >= 15 is 0 Å². The minimum Gasteiger partial charge on any atom is -0.496 e. The average molecular weight is 258 g/mol. The van der Waals surface area contributed by atoms with Gasteiger partial charge in [-0.3, -0.25) is 0 Å². The Kier molecular flexibility index (Phi) is 5.77. The molecule has 0 radical (unpaired) electrons. The van der Waals surface area contributed by atoms with Crippen molar-refractivity contribution in [1.29, 1.82) is 0 Å². The van der Waals surface area contributed by atoms with Crippen molar-refractivity contribution in [3.8, 4) is 5.75 Å². The molecule has 2 unspecified atom stereocenters. The zero-order valence-corrected chi connectivity index (χ0v) is 10.8. The summed E-state index contributed by atoms with van der Waals surface area (Å²) in [5.41, 5.74) is 0.713. The predicted molar refractivity (Wildman–Crippen MR) is 67.4 cm³/mol. The maximum absolute atomic E-state index is 9.73. The Morgan fingerprint density at radius 2 is 2.06 bits per heavy atom. The van der Waals surface area contributed by atoms with Gasteiger partial charge < -0.3 is 20.1 Å². The summed E-state index contributed by atoms with van der Waals surface area (Å²) in [4.78, 5) is 0.854. The van der Waals surface area contributed by atoms with Gasteiger partial charge in [-0.2, -0.15) is 0 Å². The van der Waals surface area contributed by atoms with Crippen LogP contribution < -0.4 is 4.74 Å². The number of ether oxygens (including phenoxy) is 1. The number of hydrogen-bond acceptors (Lipinski definition) is 5. The van der Waals surface area contributed by atoms with E-state index in [0.717, 1.165) is 4.90 Å². The molecule has 96 valence electrons. The van der Waals surface area contributed by atoms with Crippen molar-refractivity contribution < 1.29 is 20.1 Å². The van der Waals surface area contributed by atoms with Crippen molar-refractivity contribution in [2.75, 3.05) is 19.5 Å². The van der Waals surface area contributed by atoms with Crippen LogP contribution in [0.4, 0.5) is 0 Å². The van der Waals surface area contributed by atoms with Gasteiger partial charge in [0, 0.05) is 16.2 Å². The quantitative estimate of drug-likeness (QED) is 0.669. The summed E-state index contributed by atoms with van der Waals surface area (Å²) in [6, 6.07) is 5.48. The van der Waals surface area contributed by atoms with Gasteiger partial charge in [-0.1, -0.05) is 6.07 Å². The number of aliphatic hydroxyl groups is 3. The molecule has 0 aliphatic heterocycles. The van der Waals surface area contributed by atoms with Crippen molar-refractivity contribution in [1.82, 2.24) is 0 Å². The molecule has 0 saturated carbocycles. The lowest BCUT2D eigenvalue weighted by atomic mass is 10.1. The van der Waals surface area contributed by atoms with E-state index in [1.165, 1.54) is 11.8 Å². The third-order valence-corrected chi connectivity index (χ3v) is 3.52. The molecular formula is C12H18O4S. The van der Waals surface area contributed by atoms with Crippen LogP contribution in [0.1, 0.15) is 18.6 Å². The predicted octanol–water partition coefficient (Wildman–Crippen LogP) is 1.19. The van der Waals surface area contributed by atoms with E-state index in [0.29, 0.717) is 17.1 Å². The number of benzene rings is 1. The van der Waals surface area contributed by atoms with Gasteiger partial charge in [-0.15, -0.1) is 11.8 Å². The molecule has 0 aromatic heterocycles. The lowest BCUT2D eigenvalue weighted by molar-refractivity contribution is 0.113. The molecule has 0 amide bonds. The van der Waals surface area contributed by atoms with Gasteiger partial charge in [0.15, 0.2) is 0 Å². The molecule has 0 fully saturated rings. The second-order valence-corrected chi connectivity index (χ2v) is 4.76. The Bertz CT molecular complexity index is 354. The third-order valence-electron chi connectivity index (χ3n) is 2.31. The number of aliphatic hydroxyl groups excluding tert-OH is 3. The first kappa shape index (κ1) is 14.3. The number of methoxy groups -OCH3 is 1. The first-order valence-corrected chi connectivity index (χ1v) is 6.35. The molecule has 2 atom stereocenters. The highest BCUT2D eigenvalue weighted by molar-refractivity contribution is 7.99. The van der Waals surface area contributed by atoms with E-state index in [1.54, 1.807) is 20.1 Å². The van der Waals surface area contributed by atoms with E-state index in [-0.39, 0.29) is 6.61 Å². The monoisotopic (exact) mass is 258 g/mol. The van der Waals surface area contributed by atoms with Crippen LogP contribution in [0.3, 0.4) is 0 Å². The molecule has 4 nitrogen and oxygen atoms in total. The molecule has 0 aliphatic rings. The van der Waals surface area contributed by atoms with Gasteiger partial charge in [0.05, 0.1) is 25.9 Å². The van der Waals surface area contributed by atoms with Crippen LogP contribution in [0.15, 0.2) is 23.1 Å². The average Bonchev–Trinajstić information content (AvgIpc) is 2.34. The second-order valence-electron chi connectivity index (χ2n) is 3.70. The fourth-order valence-corrected chi connectivity index (χ4v) is 2.56. The maximum atomic E-state index is 9.73. The molecule has 0 aliphatic carbocycles. The Labute approximate surface area is 105 Å². The summed E-state index contributed by atoms with van der Waals surface area (Å²) in [7, 11) is 1.55. The topological polar surface area (TPSA) is 69.9 Å². The van der Waals surface area contributed by atoms with Crippen LogP contribution in [0.5, 0.6) is 5.75 Å². The van der Waals surface area contributed by atoms with Crippen LogP contribution in [0.25, 0.3) is 0 Å². The highest BCUT2D eigenvalue weighted by Crippen LogP contribution is 2.34. The van der Waals surface area contributed by atoms with E-state index < -0.39 is 12.2 Å². The molecule has 17 heavy (non-hydrogen) atoms. The van der Waals surface area contributed by atoms with E-state index in [1.807, 2.05) is 12.1 Å². The molecule has 3 N–H and O–H groups in total. The van der Waals surface area contributed by atoms with Gasteiger partial charge in [0.1, 0.15) is 5.75 Å². The molecule has 0 saturated heterocycles. The summed E-state index contributed by atoms with van der Waals surface area (Å²) in [6.07, 6.45) is -1.40. The maximum Gasteiger partial charge on any atom is 0.125 e. The zero-order chi connectivity index (χ0) is 12.8. The van der Waals surface area contributed by atoms with E-state index in [9.17, 15) is 10.2 Å². The molecule has 1 aromatic rings. The third kappa shape index (κ3) is 3.89. The highest BCUT2D eigenvalue weighted by Gasteiger charge is 2.15. The van der Waals surface area contributed by atoms with Crippen LogP contribution in [0.2, 0.25) is 0 Å². The fraction of sp³-hybridized carbons (Fsp3) is 0.500. The Morgan fingerprint density at radius 1 is 1.35 bits per heavy atom. The van der Waals surface area contributed by atoms with E-state index in [4.69, 9.17) is 9.84 Å². The number of thioether (sulfide) groups is 1. The lowest BCUT2D eigenvalue weighted by Gasteiger charge is -2.16. The molecule has 0 spiro atoms. The van der Waals surface area contributed by atoms with Gasteiger partial charge in [-0.25, -0.2) is 0 Å². The lowest BCUT2D eigenvalue weighted by Crippen LogP contribution is -2.14. The standard InChI is InChI=1S/C12H18O4S/c1-8(14)12-10(16-2)4-3-5-11(12)17-7-9(15)6-13/h3-5,8-9,13-15H,6-7H2,1-2H3. The molecule has 0 heterocycles. The van der Waals surface area contributed by atoms with Crippen molar-refractivity contribution in [2.24, 2.45) is 0 Å². The minimum atomic E-state index is -0.756. The largest absolute Gasteiger partial charge is 0.496 e. The van der Waals surface area contributed by atoms with Crippen LogP contribution in [0, 0.1) is 0 Å². The van der Waals surface area contributed by atoms with Crippen LogP contribution >= 0.6 is 11.8 Å². The normalized spacial score (nSPS) is 14.4. The van der Waals surface area contributed by atoms with Crippen LogP contribution in [-0.4, -0.2) is 40.9 Å². The van der Waals surface area contributed by atoms with Crippen LogP contribution in [-0.2, 0) is 0 Å². The smallest absolute Gasteiger partial charge is 0.125 e. The second kappa shape index (κ2) is 6.86. The highest BCUT2D eigenvalue weighted by atomic mass is 32.2. The summed E-state index contributed by atoms with van der Waals surface area (Å²) in [5.74, 6) is 1.01. The van der Waals surface area contributed by atoms with Gasteiger partial charge >= 0.3 is 0 Å². The molecular weight excluding hydrogens is 240 g/mol. The Morgan fingerprint density at radius 3 is 2.59 bits per heavy atom. The van der Waals surface area contributed by atoms with E-state index in [2.05, 4.69) is 0 Å². The SMILES string of the molecule is COc1cccc(SCC(O)CO)c1C(C)O. The Hall–Kier alpha value is -0.750. The van der Waals surface area contributed by atoms with Gasteiger partial charge in [-0.05, 0) is 19.1 Å². The molecule has 1 aromatic carbocycles. The summed E-state index contributed by atoms with van der Waals surface area (Å²) in [5, 5.41) is 27.8. The van der Waals surface area contributed by atoms with Crippen molar-refractivity contribution in [3.63, 3.8) is 0 Å². The first-order valence-electron chi connectivity index (χ1n) is 5.36. The number of hydrogen-bond donors (Lipinski definition) is 3. The zero-order valence-electron chi connectivity index (χ0n) is 9.96. The van der Waals surface area contributed by atoms with Gasteiger partial charge in [0.25, 0.3) is 0 Å². The van der Waals surface area contributed by atoms with Crippen molar-refractivity contribution >= 4 is 11.8 Å². The minimum absolute atomic E-state index is 0.263. The fourth-order valence-electron chi connectivity index (χ4n) is 1.48. The van der Waals surface area contributed by atoms with Crippen molar-refractivity contribution in [2.45, 2.75) is 24.0 Å². The summed E-state index contributed by atoms with van der Waals surface area (Å²) >= 11 is 1.39. The van der Waals surface area contributed by atoms with Crippen molar-refractivity contribution in [3.05, 3.63) is 23.8 Å². The molecule has 0 bridgehead atoms. The molecule has 1 rings (SSSR count).